The van der Waals surface area contributed by atoms with E-state index in [1.165, 1.54) is 0 Å². The van der Waals surface area contributed by atoms with Gasteiger partial charge in [0.1, 0.15) is 11.1 Å². The fourth-order valence-electron chi connectivity index (χ4n) is 2.30. The quantitative estimate of drug-likeness (QED) is 0.594. The Hall–Kier alpha value is -1.60. The average molecular weight is 363 g/mol. The number of hydrogen-bond donors (Lipinski definition) is 0. The molecule has 0 saturated carbocycles. The molecule has 0 N–H and O–H groups in total. The fourth-order valence-corrected chi connectivity index (χ4v) is 4.02. The van der Waals surface area contributed by atoms with Gasteiger partial charge in [0.05, 0.1) is 17.2 Å². The van der Waals surface area contributed by atoms with Crippen LogP contribution in [0.2, 0.25) is 5.02 Å². The Kier molecular flexibility index (Phi) is 5.64. The molecule has 1 aliphatic rings. The topological polar surface area (TPSA) is 69.7 Å². The first kappa shape index (κ1) is 17.7. The lowest BCUT2D eigenvalue weighted by atomic mass is 9.99. The van der Waals surface area contributed by atoms with Crippen LogP contribution in [0.15, 0.2) is 29.8 Å². The smallest absolute Gasteiger partial charge is 0.335 e. The monoisotopic (exact) mass is 362 g/mol. The van der Waals surface area contributed by atoms with E-state index in [1.54, 1.807) is 13.0 Å². The third-order valence-corrected chi connectivity index (χ3v) is 5.23. The number of halogens is 2. The first-order chi connectivity index (χ1) is 10.8. The number of esters is 1. The lowest BCUT2D eigenvalue weighted by molar-refractivity contribution is -0.138. The van der Waals surface area contributed by atoms with Crippen molar-refractivity contribution < 1.29 is 26.5 Å². The van der Waals surface area contributed by atoms with Crippen LogP contribution in [0, 0.1) is 5.82 Å². The van der Waals surface area contributed by atoms with Gasteiger partial charge in [-0.05, 0) is 44.4 Å². The van der Waals surface area contributed by atoms with Gasteiger partial charge < -0.3 is 8.92 Å². The molecule has 0 spiro atoms. The van der Waals surface area contributed by atoms with Crippen LogP contribution in [0.5, 0.6) is 5.75 Å². The number of allylic oxidation sites excluding steroid dienone is 1. The molecule has 0 fully saturated rings. The second-order valence-electron chi connectivity index (χ2n) is 4.95. The summed E-state index contributed by atoms with van der Waals surface area (Å²) in [4.78, 5) is 11.9. The number of carbonyl (C=O) groups is 1. The number of ether oxygens (including phenoxy) is 1. The van der Waals surface area contributed by atoms with Gasteiger partial charge in [0.25, 0.3) is 0 Å². The van der Waals surface area contributed by atoms with Crippen molar-refractivity contribution in [3.05, 3.63) is 40.7 Å². The van der Waals surface area contributed by atoms with Crippen molar-refractivity contribution in [1.29, 1.82) is 0 Å². The molecule has 0 saturated heterocycles. The second-order valence-corrected chi connectivity index (χ2v) is 7.08. The van der Waals surface area contributed by atoms with Crippen LogP contribution >= 0.6 is 11.6 Å². The molecule has 1 atom stereocenters. The van der Waals surface area contributed by atoms with Crippen LogP contribution < -0.4 is 4.18 Å². The molecule has 1 aliphatic carbocycles. The average Bonchev–Trinajstić information content (AvgIpc) is 2.50. The molecule has 2 rings (SSSR count). The number of benzene rings is 1. The summed E-state index contributed by atoms with van der Waals surface area (Å²) in [6.45, 7) is 1.78. The van der Waals surface area contributed by atoms with Crippen LogP contribution in [0.4, 0.5) is 4.39 Å². The van der Waals surface area contributed by atoms with Crippen molar-refractivity contribution in [2.75, 3.05) is 6.61 Å². The maximum Gasteiger partial charge on any atom is 0.335 e. The van der Waals surface area contributed by atoms with Gasteiger partial charge in [-0.15, -0.1) is 0 Å². The highest BCUT2D eigenvalue weighted by molar-refractivity contribution is 7.88. The summed E-state index contributed by atoms with van der Waals surface area (Å²) >= 11 is 5.79. The molecule has 0 aliphatic heterocycles. The molecule has 0 aromatic heterocycles. The molecular weight excluding hydrogens is 347 g/mol. The van der Waals surface area contributed by atoms with Crippen LogP contribution in [0.25, 0.3) is 0 Å². The Labute approximate surface area is 139 Å². The molecule has 0 radical (unpaired) electrons. The van der Waals surface area contributed by atoms with Gasteiger partial charge in [0.15, 0.2) is 5.75 Å². The van der Waals surface area contributed by atoms with E-state index in [2.05, 4.69) is 0 Å². The first-order valence-electron chi connectivity index (χ1n) is 7.10. The van der Waals surface area contributed by atoms with Crippen LogP contribution in [-0.2, 0) is 19.6 Å². The van der Waals surface area contributed by atoms with E-state index >= 15 is 0 Å². The summed E-state index contributed by atoms with van der Waals surface area (Å²) in [5.41, 5.74) is 0.0661. The van der Waals surface area contributed by atoms with Gasteiger partial charge >= 0.3 is 16.1 Å². The Bertz CT molecular complexity index is 729. The molecule has 0 heterocycles. The minimum atomic E-state index is -4.16. The summed E-state index contributed by atoms with van der Waals surface area (Å²) in [5, 5.41) is -1.29. The van der Waals surface area contributed by atoms with Crippen molar-refractivity contribution >= 4 is 27.7 Å². The molecule has 8 heteroatoms. The van der Waals surface area contributed by atoms with E-state index in [0.717, 1.165) is 18.2 Å². The van der Waals surface area contributed by atoms with E-state index in [1.807, 2.05) is 0 Å². The van der Waals surface area contributed by atoms with Crippen molar-refractivity contribution in [3.8, 4) is 5.75 Å². The van der Waals surface area contributed by atoms with Gasteiger partial charge in [-0.3, -0.25) is 0 Å². The van der Waals surface area contributed by atoms with E-state index in [4.69, 9.17) is 20.5 Å². The minimum Gasteiger partial charge on any atom is -0.463 e. The van der Waals surface area contributed by atoms with Crippen LogP contribution in [0.3, 0.4) is 0 Å². The third-order valence-electron chi connectivity index (χ3n) is 3.34. The Morgan fingerprint density at radius 2 is 2.17 bits per heavy atom. The summed E-state index contributed by atoms with van der Waals surface area (Å²) in [6, 6.07) is 3.13. The van der Waals surface area contributed by atoms with Crippen LogP contribution in [-0.4, -0.2) is 26.2 Å². The molecule has 1 aromatic carbocycles. The van der Waals surface area contributed by atoms with Gasteiger partial charge in [-0.2, -0.15) is 8.42 Å². The fraction of sp³-hybridized carbons (Fsp3) is 0.400. The molecule has 5 nitrogen and oxygen atoms in total. The normalized spacial score (nSPS) is 18.2. The van der Waals surface area contributed by atoms with Gasteiger partial charge in [-0.25, -0.2) is 9.18 Å². The summed E-state index contributed by atoms with van der Waals surface area (Å²) in [7, 11) is -4.16. The Morgan fingerprint density at radius 1 is 1.43 bits per heavy atom. The minimum absolute atomic E-state index is 0.0661. The predicted octanol–water partition coefficient (Wildman–Crippen LogP) is 3.23. The molecular formula is C15H16ClFO5S. The number of rotatable bonds is 5. The number of carbonyl (C=O) groups excluding carboxylic acids is 1. The molecule has 1 aromatic rings. The first-order valence-corrected chi connectivity index (χ1v) is 8.95. The SMILES string of the molecule is CCOC(=O)C1=CCCCC1S(=O)(=O)Oc1ccc(F)cc1Cl. The number of hydrogen-bond acceptors (Lipinski definition) is 5. The van der Waals surface area contributed by atoms with Gasteiger partial charge in [-0.1, -0.05) is 17.7 Å². The zero-order chi connectivity index (χ0) is 17.0. The summed E-state index contributed by atoms with van der Waals surface area (Å²) < 4.78 is 47.9. The lowest BCUT2D eigenvalue weighted by Gasteiger charge is -2.23. The largest absolute Gasteiger partial charge is 0.463 e. The van der Waals surface area contributed by atoms with Crippen molar-refractivity contribution in [1.82, 2.24) is 0 Å². The van der Waals surface area contributed by atoms with Gasteiger partial charge in [0, 0.05) is 0 Å². The van der Waals surface area contributed by atoms with E-state index in [-0.39, 0.29) is 29.4 Å². The van der Waals surface area contributed by atoms with E-state index in [0.29, 0.717) is 12.8 Å². The molecule has 0 bridgehead atoms. The highest BCUT2D eigenvalue weighted by Crippen LogP contribution is 2.31. The second kappa shape index (κ2) is 7.31. The van der Waals surface area contributed by atoms with Crippen molar-refractivity contribution in [2.24, 2.45) is 0 Å². The summed E-state index contributed by atoms with van der Waals surface area (Å²) in [6.07, 6.45) is 3.00. The van der Waals surface area contributed by atoms with Crippen molar-refractivity contribution in [2.45, 2.75) is 31.4 Å². The third kappa shape index (κ3) is 4.23. The van der Waals surface area contributed by atoms with Crippen molar-refractivity contribution in [3.63, 3.8) is 0 Å². The van der Waals surface area contributed by atoms with Crippen LogP contribution in [0.1, 0.15) is 26.2 Å². The maximum atomic E-state index is 13.0. The molecule has 1 unspecified atom stereocenters. The molecule has 126 valence electrons. The standard InChI is InChI=1S/C15H16ClFO5S/c1-2-21-15(18)11-5-3-4-6-14(11)23(19,20)22-13-8-7-10(17)9-12(13)16/h5,7-9,14H,2-4,6H2,1H3. The van der Waals surface area contributed by atoms with E-state index in [9.17, 15) is 17.6 Å². The van der Waals surface area contributed by atoms with E-state index < -0.39 is 27.2 Å². The summed E-state index contributed by atoms with van der Waals surface area (Å²) in [5.74, 6) is -1.46. The predicted molar refractivity (Wildman–Crippen MR) is 83.3 cm³/mol. The highest BCUT2D eigenvalue weighted by Gasteiger charge is 2.37. The maximum absolute atomic E-state index is 13.0. The highest BCUT2D eigenvalue weighted by atomic mass is 35.5. The Balaban J connectivity index is 2.28. The van der Waals surface area contributed by atoms with Gasteiger partial charge in [0.2, 0.25) is 0 Å². The zero-order valence-corrected chi connectivity index (χ0v) is 14.0. The lowest BCUT2D eigenvalue weighted by Crippen LogP contribution is -2.33. The molecule has 0 amide bonds. The zero-order valence-electron chi connectivity index (χ0n) is 12.4. The molecule has 23 heavy (non-hydrogen) atoms. The Morgan fingerprint density at radius 3 is 2.83 bits per heavy atom.